The van der Waals surface area contributed by atoms with Crippen molar-refractivity contribution in [2.24, 2.45) is 0 Å². The first kappa shape index (κ1) is 57.8. The molecule has 22 heteroatoms. The van der Waals surface area contributed by atoms with E-state index in [0.29, 0.717) is 46.3 Å². The number of hydrogen-bond donors (Lipinski definition) is 4. The molecule has 394 valence electrons. The number of halogens is 4. The highest BCUT2D eigenvalue weighted by Crippen LogP contribution is 2.41. The van der Waals surface area contributed by atoms with Crippen molar-refractivity contribution in [1.29, 1.82) is 0 Å². The molecule has 2 atom stereocenters. The maximum atomic E-state index is 13.2. The molecule has 6 rings (SSSR count). The molecule has 2 unspecified atom stereocenters. The van der Waals surface area contributed by atoms with Gasteiger partial charge in [-0.1, -0.05) is 84.5 Å². The number of benzene rings is 4. The number of rotatable bonds is 29. The second kappa shape index (κ2) is 28.5. The molecule has 4 aromatic rings. The van der Waals surface area contributed by atoms with Crippen LogP contribution in [0.1, 0.15) is 71.9 Å². The van der Waals surface area contributed by atoms with E-state index >= 15 is 0 Å². The summed E-state index contributed by atoms with van der Waals surface area (Å²) in [6.45, 7) is 10.9. The zero-order valence-electron chi connectivity index (χ0n) is 40.5. The van der Waals surface area contributed by atoms with E-state index in [2.05, 4.69) is 43.7 Å². The molecule has 0 aromatic heterocycles. The Bertz CT molecular complexity index is 2510. The van der Waals surface area contributed by atoms with E-state index in [4.69, 9.17) is 65.4 Å². The fourth-order valence-electron chi connectivity index (χ4n) is 8.58. The van der Waals surface area contributed by atoms with Gasteiger partial charge in [-0.25, -0.2) is 26.3 Å². The maximum Gasteiger partial charge on any atom is 0.240 e. The standard InChI is InChI=1S/C50H64Cl4N6O10S2/c1-3-59-31-43(41-27-37(51)29-47(53)45(41)33-59)35-7-5-9-39(25-35)71(63,64)57-15-19-69-23-21-67-17-13-55-49(61)11-12-50(62)56-14-18-68-22-24-70-20-16-58-72(65,66)40-10-6-8-36(26-40)44-32-60(4-2)34-46-42(44)28-38(52)30-48(46)54/h5-10,25-30,43-44,57-58H,3-4,11-24,31-34H2,1-2H3,(H,55,61)(H,56,62). The van der Waals surface area contributed by atoms with Gasteiger partial charge in [0.05, 0.1) is 62.6 Å². The number of sulfonamides is 2. The van der Waals surface area contributed by atoms with Crippen LogP contribution in [0.2, 0.25) is 20.1 Å². The molecule has 2 aliphatic rings. The third kappa shape index (κ3) is 17.0. The van der Waals surface area contributed by atoms with Crippen LogP contribution in [0.3, 0.4) is 0 Å². The van der Waals surface area contributed by atoms with Crippen LogP contribution in [0.5, 0.6) is 0 Å². The molecular weight excluding hydrogens is 1050 g/mol. The van der Waals surface area contributed by atoms with Crippen LogP contribution in [0.4, 0.5) is 0 Å². The average molecular weight is 1120 g/mol. The summed E-state index contributed by atoms with van der Waals surface area (Å²) in [4.78, 5) is 29.3. The van der Waals surface area contributed by atoms with Crippen molar-refractivity contribution < 1.29 is 45.4 Å². The molecule has 0 radical (unpaired) electrons. The summed E-state index contributed by atoms with van der Waals surface area (Å²) in [6.07, 6.45) is 0.0122. The number of hydrogen-bond acceptors (Lipinski definition) is 12. The number of carbonyl (C=O) groups is 2. The molecule has 16 nitrogen and oxygen atoms in total. The van der Waals surface area contributed by atoms with Gasteiger partial charge >= 0.3 is 0 Å². The van der Waals surface area contributed by atoms with E-state index < -0.39 is 20.0 Å². The number of nitrogens with one attached hydrogen (secondary N) is 4. The predicted molar refractivity (Wildman–Crippen MR) is 280 cm³/mol. The second-order valence-electron chi connectivity index (χ2n) is 17.3. The molecule has 2 amide bonds. The van der Waals surface area contributed by atoms with Crippen molar-refractivity contribution in [3.05, 3.63) is 126 Å². The van der Waals surface area contributed by atoms with Crippen LogP contribution in [-0.2, 0) is 61.7 Å². The summed E-state index contributed by atoms with van der Waals surface area (Å²) in [6, 6.07) is 21.1. The van der Waals surface area contributed by atoms with Crippen LogP contribution in [0, 0.1) is 0 Å². The van der Waals surface area contributed by atoms with Crippen molar-refractivity contribution in [3.8, 4) is 0 Å². The normalized spacial score (nSPS) is 16.3. The smallest absolute Gasteiger partial charge is 0.240 e. The molecule has 0 saturated carbocycles. The highest BCUT2D eigenvalue weighted by Gasteiger charge is 2.31. The molecule has 0 spiro atoms. The Morgan fingerprint density at radius 2 is 0.917 bits per heavy atom. The van der Waals surface area contributed by atoms with Crippen molar-refractivity contribution in [2.75, 3.05) is 105 Å². The molecule has 0 bridgehead atoms. The summed E-state index contributed by atoms with van der Waals surface area (Å²) < 4.78 is 80.0. The van der Waals surface area contributed by atoms with Gasteiger partial charge in [0.2, 0.25) is 31.9 Å². The Balaban J connectivity index is 0.750. The summed E-state index contributed by atoms with van der Waals surface area (Å²) in [5.41, 5.74) is 5.72. The lowest BCUT2D eigenvalue weighted by atomic mass is 9.84. The Kier molecular flexibility index (Phi) is 22.9. The van der Waals surface area contributed by atoms with Gasteiger partial charge in [0, 0.05) is 97.1 Å². The topological polar surface area (TPSA) is 194 Å². The van der Waals surface area contributed by atoms with Crippen molar-refractivity contribution in [3.63, 3.8) is 0 Å². The van der Waals surface area contributed by atoms with E-state index in [1.165, 1.54) is 0 Å². The highest BCUT2D eigenvalue weighted by atomic mass is 35.5. The van der Waals surface area contributed by atoms with Crippen LogP contribution in [-0.4, -0.2) is 144 Å². The van der Waals surface area contributed by atoms with Crippen LogP contribution in [0.25, 0.3) is 0 Å². The first-order chi connectivity index (χ1) is 34.6. The summed E-state index contributed by atoms with van der Waals surface area (Å²) in [5, 5.41) is 7.69. The molecule has 2 aliphatic heterocycles. The van der Waals surface area contributed by atoms with E-state index in [1.54, 1.807) is 48.5 Å². The molecular formula is C50H64Cl4N6O10S2. The van der Waals surface area contributed by atoms with Crippen LogP contribution in [0.15, 0.2) is 82.6 Å². The fourth-order valence-corrected chi connectivity index (χ4v) is 11.8. The first-order valence-electron chi connectivity index (χ1n) is 24.0. The number of likely N-dealkylation sites (N-methyl/N-ethyl adjacent to an activating group) is 2. The molecule has 0 fully saturated rings. The lowest BCUT2D eigenvalue weighted by Crippen LogP contribution is -2.34. The Morgan fingerprint density at radius 3 is 1.29 bits per heavy atom. The van der Waals surface area contributed by atoms with Gasteiger partial charge in [0.15, 0.2) is 0 Å². The van der Waals surface area contributed by atoms with Gasteiger partial charge in [0.1, 0.15) is 0 Å². The number of ether oxygens (including phenoxy) is 4. The number of amides is 2. The van der Waals surface area contributed by atoms with Gasteiger partial charge in [0.25, 0.3) is 0 Å². The van der Waals surface area contributed by atoms with E-state index in [9.17, 15) is 26.4 Å². The average Bonchev–Trinajstić information content (AvgIpc) is 3.36. The Morgan fingerprint density at radius 1 is 0.542 bits per heavy atom. The van der Waals surface area contributed by atoms with Gasteiger partial charge < -0.3 is 29.6 Å². The van der Waals surface area contributed by atoms with Gasteiger partial charge in [-0.05, 0) is 95.0 Å². The van der Waals surface area contributed by atoms with Crippen molar-refractivity contribution in [1.82, 2.24) is 29.9 Å². The van der Waals surface area contributed by atoms with Gasteiger partial charge in [-0.15, -0.1) is 0 Å². The maximum absolute atomic E-state index is 13.2. The second-order valence-corrected chi connectivity index (χ2v) is 22.5. The third-order valence-electron chi connectivity index (χ3n) is 12.4. The van der Waals surface area contributed by atoms with E-state index in [-0.39, 0.29) is 125 Å². The molecule has 2 heterocycles. The van der Waals surface area contributed by atoms with Crippen LogP contribution >= 0.6 is 46.4 Å². The minimum Gasteiger partial charge on any atom is -0.378 e. The van der Waals surface area contributed by atoms with E-state index in [1.807, 2.05) is 24.3 Å². The largest absolute Gasteiger partial charge is 0.378 e. The van der Waals surface area contributed by atoms with Gasteiger partial charge in [-0.2, -0.15) is 0 Å². The molecule has 4 N–H and O–H groups in total. The van der Waals surface area contributed by atoms with E-state index in [0.717, 1.165) is 46.5 Å². The quantitative estimate of drug-likeness (QED) is 0.0428. The first-order valence-corrected chi connectivity index (χ1v) is 28.5. The predicted octanol–water partition coefficient (Wildman–Crippen LogP) is 6.57. The lowest BCUT2D eigenvalue weighted by molar-refractivity contribution is -0.126. The zero-order chi connectivity index (χ0) is 51.7. The molecule has 0 saturated heterocycles. The third-order valence-corrected chi connectivity index (χ3v) is 16.4. The number of fused-ring (bicyclic) bond motifs is 2. The minimum absolute atomic E-state index is 0.00612. The monoisotopic (exact) mass is 1110 g/mol. The number of carbonyl (C=O) groups excluding carboxylic acids is 2. The lowest BCUT2D eigenvalue weighted by Gasteiger charge is -2.35. The number of nitrogens with zero attached hydrogens (tertiary/aromatic N) is 2. The summed E-state index contributed by atoms with van der Waals surface area (Å²) in [5.74, 6) is -0.779. The SMILES string of the molecule is CCN1Cc2c(Cl)cc(Cl)cc2C(c2cccc(S(=O)(=O)NCCOCCOCCNC(=O)CCC(=O)NCCOCCOCCNS(=O)(=O)c3cccc(C4CN(CC)Cc5c(Cl)cc(Cl)cc54)c3)c2)C1. The molecule has 0 aliphatic carbocycles. The molecule has 4 aromatic carbocycles. The van der Waals surface area contributed by atoms with Crippen LogP contribution < -0.4 is 20.1 Å². The minimum atomic E-state index is -3.81. The highest BCUT2D eigenvalue weighted by molar-refractivity contribution is 7.89. The zero-order valence-corrected chi connectivity index (χ0v) is 45.2. The summed E-state index contributed by atoms with van der Waals surface area (Å²) >= 11 is 25.9. The fraction of sp³-hybridized carbons (Fsp3) is 0.480. The van der Waals surface area contributed by atoms with Crippen molar-refractivity contribution >= 4 is 78.3 Å². The summed E-state index contributed by atoms with van der Waals surface area (Å²) in [7, 11) is -7.62. The Labute approximate surface area is 443 Å². The Hall–Kier alpha value is -3.44. The molecule has 72 heavy (non-hydrogen) atoms. The van der Waals surface area contributed by atoms with Gasteiger partial charge in [-0.3, -0.25) is 19.4 Å². The van der Waals surface area contributed by atoms with Crippen molar-refractivity contribution in [2.45, 2.75) is 61.4 Å².